The fourth-order valence-electron chi connectivity index (χ4n) is 1.95. The molecule has 0 fully saturated rings. The molecule has 0 aliphatic rings. The van der Waals surface area contributed by atoms with Crippen LogP contribution in [0.1, 0.15) is 39.2 Å². The zero-order chi connectivity index (χ0) is 14.7. The molecule has 2 heterocycles. The highest BCUT2D eigenvalue weighted by Crippen LogP contribution is 2.20. The van der Waals surface area contributed by atoms with Crippen LogP contribution in [-0.2, 0) is 0 Å². The summed E-state index contributed by atoms with van der Waals surface area (Å²) >= 11 is 0. The number of aromatic nitrogens is 2. The number of aliphatic hydroxyl groups excluding tert-OH is 1. The zero-order valence-corrected chi connectivity index (χ0v) is 11.7. The first kappa shape index (κ1) is 14.1. The Bertz CT molecular complexity index is 641. The van der Waals surface area contributed by atoms with Crippen LogP contribution in [0.2, 0.25) is 0 Å². The van der Waals surface area contributed by atoms with Gasteiger partial charge in [-0.1, -0.05) is 6.07 Å². The number of carbonyl (C=O) groups excluding carboxylic acids is 1. The quantitative estimate of drug-likeness (QED) is 0.888. The second kappa shape index (κ2) is 5.79. The summed E-state index contributed by atoms with van der Waals surface area (Å²) in [4.78, 5) is 20.2. The van der Waals surface area contributed by atoms with E-state index in [1.807, 2.05) is 26.0 Å². The number of aliphatic hydroxyl groups is 1. The van der Waals surface area contributed by atoms with Gasteiger partial charge < -0.3 is 10.4 Å². The van der Waals surface area contributed by atoms with Crippen molar-refractivity contribution < 1.29 is 9.90 Å². The minimum Gasteiger partial charge on any atom is -0.380 e. The van der Waals surface area contributed by atoms with Crippen molar-refractivity contribution in [2.75, 3.05) is 7.05 Å². The number of hydrogen-bond donors (Lipinski definition) is 2. The van der Waals surface area contributed by atoms with Crippen molar-refractivity contribution in [2.45, 2.75) is 20.0 Å². The molecule has 2 aromatic heterocycles. The molecule has 0 radical (unpaired) electrons. The first-order valence-electron chi connectivity index (χ1n) is 6.33. The molecule has 2 rings (SSSR count). The van der Waals surface area contributed by atoms with E-state index in [2.05, 4.69) is 15.3 Å². The maximum Gasteiger partial charge on any atom is 0.269 e. The highest BCUT2D eigenvalue weighted by molar-refractivity contribution is 5.92. The first-order valence-corrected chi connectivity index (χ1v) is 6.33. The summed E-state index contributed by atoms with van der Waals surface area (Å²) in [6, 6.07) is 8.85. The van der Waals surface area contributed by atoms with Crippen LogP contribution in [0.5, 0.6) is 0 Å². The van der Waals surface area contributed by atoms with E-state index < -0.39 is 6.10 Å². The second-order valence-electron chi connectivity index (χ2n) is 4.64. The molecule has 0 bridgehead atoms. The minimum absolute atomic E-state index is 0.278. The number of carbonyl (C=O) groups is 1. The number of pyridine rings is 2. The number of amides is 1. The molecule has 20 heavy (non-hydrogen) atoms. The lowest BCUT2D eigenvalue weighted by Crippen LogP contribution is -2.20. The van der Waals surface area contributed by atoms with Crippen LogP contribution >= 0.6 is 0 Å². The lowest BCUT2D eigenvalue weighted by molar-refractivity contribution is 0.0957. The summed E-state index contributed by atoms with van der Waals surface area (Å²) in [6.07, 6.45) is -0.946. The minimum atomic E-state index is -0.946. The summed E-state index contributed by atoms with van der Waals surface area (Å²) in [5.41, 5.74) is 2.91. The van der Waals surface area contributed by atoms with Gasteiger partial charge >= 0.3 is 0 Å². The lowest BCUT2D eigenvalue weighted by Gasteiger charge is -2.12. The molecule has 0 saturated carbocycles. The Balaban J connectivity index is 2.41. The third-order valence-corrected chi connectivity index (χ3v) is 2.92. The van der Waals surface area contributed by atoms with Gasteiger partial charge in [0, 0.05) is 12.7 Å². The Kier molecular flexibility index (Phi) is 4.10. The molecule has 5 heteroatoms. The average molecular weight is 271 g/mol. The van der Waals surface area contributed by atoms with E-state index in [1.165, 1.54) is 0 Å². The Morgan fingerprint density at radius 2 is 1.95 bits per heavy atom. The normalized spacial score (nSPS) is 12.0. The van der Waals surface area contributed by atoms with E-state index in [0.717, 1.165) is 11.3 Å². The number of hydrogen-bond acceptors (Lipinski definition) is 4. The molecule has 0 aliphatic carbocycles. The Morgan fingerprint density at radius 3 is 2.60 bits per heavy atom. The topological polar surface area (TPSA) is 75.1 Å². The predicted octanol–water partition coefficient (Wildman–Crippen LogP) is 1.53. The van der Waals surface area contributed by atoms with Gasteiger partial charge in [-0.25, -0.2) is 4.98 Å². The standard InChI is InChI=1S/C15H17N3O2/c1-9-7-12(18-13(8-9)15(20)16-3)14(19)11-6-4-5-10(2)17-11/h4-8,14,19H,1-3H3,(H,16,20). The van der Waals surface area contributed by atoms with Gasteiger partial charge in [0.05, 0.1) is 11.4 Å². The monoisotopic (exact) mass is 271 g/mol. The third kappa shape index (κ3) is 3.00. The van der Waals surface area contributed by atoms with Crippen molar-refractivity contribution in [3.8, 4) is 0 Å². The molecule has 0 aliphatic heterocycles. The van der Waals surface area contributed by atoms with Gasteiger partial charge in [-0.2, -0.15) is 0 Å². The smallest absolute Gasteiger partial charge is 0.269 e. The highest BCUT2D eigenvalue weighted by Gasteiger charge is 2.16. The van der Waals surface area contributed by atoms with Crippen LogP contribution in [0, 0.1) is 13.8 Å². The van der Waals surface area contributed by atoms with Crippen molar-refractivity contribution >= 4 is 5.91 Å². The molecule has 1 atom stereocenters. The molecule has 1 amide bonds. The third-order valence-electron chi connectivity index (χ3n) is 2.92. The molecule has 2 aromatic rings. The molecule has 104 valence electrons. The van der Waals surface area contributed by atoms with Crippen molar-refractivity contribution in [1.82, 2.24) is 15.3 Å². The van der Waals surface area contributed by atoms with E-state index in [1.54, 1.807) is 25.2 Å². The van der Waals surface area contributed by atoms with Crippen LogP contribution < -0.4 is 5.32 Å². The van der Waals surface area contributed by atoms with Crippen LogP contribution in [0.4, 0.5) is 0 Å². The maximum absolute atomic E-state index is 11.7. The first-order chi connectivity index (χ1) is 9.51. The molecular weight excluding hydrogens is 254 g/mol. The molecule has 0 spiro atoms. The summed E-state index contributed by atoms with van der Waals surface area (Å²) in [5, 5.41) is 12.9. The summed E-state index contributed by atoms with van der Waals surface area (Å²) in [6.45, 7) is 3.71. The number of aryl methyl sites for hydroxylation is 2. The van der Waals surface area contributed by atoms with Crippen molar-refractivity contribution in [3.63, 3.8) is 0 Å². The lowest BCUT2D eigenvalue weighted by atomic mass is 10.1. The van der Waals surface area contributed by atoms with Gasteiger partial charge in [0.2, 0.25) is 0 Å². The number of nitrogens with one attached hydrogen (secondary N) is 1. The van der Waals surface area contributed by atoms with Gasteiger partial charge in [-0.15, -0.1) is 0 Å². The van der Waals surface area contributed by atoms with Gasteiger partial charge in [0.15, 0.2) is 0 Å². The maximum atomic E-state index is 11.7. The van der Waals surface area contributed by atoms with Gasteiger partial charge in [-0.05, 0) is 43.7 Å². The van der Waals surface area contributed by atoms with Crippen molar-refractivity contribution in [2.24, 2.45) is 0 Å². The molecule has 0 saturated heterocycles. The van der Waals surface area contributed by atoms with Gasteiger partial charge in [-0.3, -0.25) is 9.78 Å². The fourth-order valence-corrected chi connectivity index (χ4v) is 1.95. The highest BCUT2D eigenvalue weighted by atomic mass is 16.3. The van der Waals surface area contributed by atoms with Gasteiger partial charge in [0.1, 0.15) is 11.8 Å². The van der Waals surface area contributed by atoms with Crippen LogP contribution in [0.15, 0.2) is 30.3 Å². The summed E-state index contributed by atoms with van der Waals surface area (Å²) in [5.74, 6) is -0.278. The van der Waals surface area contributed by atoms with Gasteiger partial charge in [0.25, 0.3) is 5.91 Å². The SMILES string of the molecule is CNC(=O)c1cc(C)cc(C(O)c2cccc(C)n2)n1. The average Bonchev–Trinajstić information content (AvgIpc) is 2.45. The molecular formula is C15H17N3O2. The Morgan fingerprint density at radius 1 is 1.20 bits per heavy atom. The van der Waals surface area contributed by atoms with E-state index in [-0.39, 0.29) is 11.6 Å². The number of rotatable bonds is 3. The molecule has 1 unspecified atom stereocenters. The summed E-state index contributed by atoms with van der Waals surface area (Å²) < 4.78 is 0. The van der Waals surface area contributed by atoms with Crippen molar-refractivity contribution in [1.29, 1.82) is 0 Å². The Labute approximate surface area is 117 Å². The van der Waals surface area contributed by atoms with Crippen LogP contribution in [0.3, 0.4) is 0 Å². The molecule has 0 aromatic carbocycles. The number of nitrogens with zero attached hydrogens (tertiary/aromatic N) is 2. The largest absolute Gasteiger partial charge is 0.380 e. The van der Waals surface area contributed by atoms with E-state index in [9.17, 15) is 9.90 Å². The molecule has 5 nitrogen and oxygen atoms in total. The fraction of sp³-hybridized carbons (Fsp3) is 0.267. The zero-order valence-electron chi connectivity index (χ0n) is 11.7. The van der Waals surface area contributed by atoms with E-state index >= 15 is 0 Å². The van der Waals surface area contributed by atoms with Crippen molar-refractivity contribution in [3.05, 3.63) is 58.7 Å². The van der Waals surface area contributed by atoms with Crippen LogP contribution in [-0.4, -0.2) is 28.0 Å². The molecule has 2 N–H and O–H groups in total. The van der Waals surface area contributed by atoms with Crippen LogP contribution in [0.25, 0.3) is 0 Å². The predicted molar refractivity (Wildman–Crippen MR) is 75.4 cm³/mol. The second-order valence-corrected chi connectivity index (χ2v) is 4.64. The van der Waals surface area contributed by atoms with E-state index in [4.69, 9.17) is 0 Å². The summed E-state index contributed by atoms with van der Waals surface area (Å²) in [7, 11) is 1.55. The van der Waals surface area contributed by atoms with E-state index in [0.29, 0.717) is 11.4 Å². The Hall–Kier alpha value is -2.27.